The Bertz CT molecular complexity index is 669. The second-order valence-electron chi connectivity index (χ2n) is 6.43. The zero-order chi connectivity index (χ0) is 17.6. The number of nitrogens with one attached hydrogen (secondary N) is 1. The summed E-state index contributed by atoms with van der Waals surface area (Å²) in [6, 6.07) is 2.25. The third kappa shape index (κ3) is 4.76. The maximum absolute atomic E-state index is 5.14. The highest BCUT2D eigenvalue weighted by Gasteiger charge is 2.20. The summed E-state index contributed by atoms with van der Waals surface area (Å²) >= 11 is 0. The molecule has 0 saturated carbocycles. The number of methoxy groups -OCH3 is 1. The fraction of sp³-hybridized carbons (Fsp3) is 0.529. The minimum atomic E-state index is 0.420. The summed E-state index contributed by atoms with van der Waals surface area (Å²) in [7, 11) is 5.50. The molecule has 1 fully saturated rings. The summed E-state index contributed by atoms with van der Waals surface area (Å²) in [6.45, 7) is 2.96. The summed E-state index contributed by atoms with van der Waals surface area (Å²) in [4.78, 5) is 21.4. The second kappa shape index (κ2) is 8.06. The Balaban J connectivity index is 1.48. The zero-order valence-electron chi connectivity index (χ0n) is 15.0. The van der Waals surface area contributed by atoms with Crippen LogP contribution < -0.4 is 15.0 Å². The quantitative estimate of drug-likeness (QED) is 0.844. The van der Waals surface area contributed by atoms with Gasteiger partial charge in [0.1, 0.15) is 12.1 Å². The molecule has 1 aliphatic rings. The van der Waals surface area contributed by atoms with Crippen LogP contribution in [0.1, 0.15) is 18.4 Å². The van der Waals surface area contributed by atoms with E-state index in [1.807, 2.05) is 37.5 Å². The van der Waals surface area contributed by atoms with Gasteiger partial charge in [0.05, 0.1) is 7.11 Å². The second-order valence-corrected chi connectivity index (χ2v) is 6.43. The first-order chi connectivity index (χ1) is 12.1. The van der Waals surface area contributed by atoms with Crippen LogP contribution in [0.4, 0.5) is 11.8 Å². The maximum atomic E-state index is 5.14. The molecule has 8 nitrogen and oxygen atoms in total. The Morgan fingerprint density at radius 1 is 1.16 bits per heavy atom. The van der Waals surface area contributed by atoms with Crippen LogP contribution in [-0.4, -0.2) is 65.2 Å². The number of anilines is 2. The molecule has 2 aromatic heterocycles. The first-order valence-electron chi connectivity index (χ1n) is 8.47. The van der Waals surface area contributed by atoms with Gasteiger partial charge in [-0.1, -0.05) is 0 Å². The van der Waals surface area contributed by atoms with Crippen LogP contribution in [0.5, 0.6) is 5.88 Å². The van der Waals surface area contributed by atoms with E-state index in [1.54, 1.807) is 7.11 Å². The maximum Gasteiger partial charge on any atom is 0.224 e. The fourth-order valence-corrected chi connectivity index (χ4v) is 2.89. The standard InChI is InChI=1S/C17H25N7O/c1-23(2)17-18-9-13(10-19-17)11-24-6-4-14(5-7-24)22-15-8-16(25-3)21-12-20-15/h8-10,12,14H,4-7,11H2,1-3H3,(H,20,21,22). The molecule has 1 N–H and O–H groups in total. The number of aromatic nitrogens is 4. The predicted molar refractivity (Wildman–Crippen MR) is 96.9 cm³/mol. The first kappa shape index (κ1) is 17.3. The molecule has 3 heterocycles. The number of hydrogen-bond acceptors (Lipinski definition) is 8. The Kier molecular flexibility index (Phi) is 5.60. The van der Waals surface area contributed by atoms with Gasteiger partial charge >= 0.3 is 0 Å². The predicted octanol–water partition coefficient (Wildman–Crippen LogP) is 1.42. The molecule has 1 aliphatic heterocycles. The van der Waals surface area contributed by atoms with Gasteiger partial charge in [0.2, 0.25) is 11.8 Å². The molecule has 0 aromatic carbocycles. The minimum Gasteiger partial charge on any atom is -0.481 e. The van der Waals surface area contributed by atoms with Gasteiger partial charge < -0.3 is 15.0 Å². The van der Waals surface area contributed by atoms with Crippen LogP contribution >= 0.6 is 0 Å². The fourth-order valence-electron chi connectivity index (χ4n) is 2.89. The van der Waals surface area contributed by atoms with E-state index in [0.717, 1.165) is 49.8 Å². The van der Waals surface area contributed by atoms with Crippen LogP contribution in [0.15, 0.2) is 24.8 Å². The van der Waals surface area contributed by atoms with Gasteiger partial charge in [-0.25, -0.2) is 19.9 Å². The number of likely N-dealkylation sites (tertiary alicyclic amines) is 1. The third-order valence-electron chi connectivity index (χ3n) is 4.29. The van der Waals surface area contributed by atoms with E-state index < -0.39 is 0 Å². The third-order valence-corrected chi connectivity index (χ3v) is 4.29. The van der Waals surface area contributed by atoms with Gasteiger partial charge in [-0.3, -0.25) is 4.90 Å². The van der Waals surface area contributed by atoms with Crippen LogP contribution in [0.3, 0.4) is 0 Å². The first-order valence-corrected chi connectivity index (χ1v) is 8.47. The van der Waals surface area contributed by atoms with Crippen LogP contribution in [-0.2, 0) is 6.54 Å². The lowest BCUT2D eigenvalue weighted by Gasteiger charge is -2.32. The molecule has 134 valence electrons. The molecule has 0 spiro atoms. The van der Waals surface area contributed by atoms with Gasteiger partial charge in [0, 0.05) is 63.8 Å². The summed E-state index contributed by atoms with van der Waals surface area (Å²) < 4.78 is 5.14. The molecular formula is C17H25N7O. The average Bonchev–Trinajstić information content (AvgIpc) is 2.64. The Hall–Kier alpha value is -2.48. The SMILES string of the molecule is COc1cc(NC2CCN(Cc3cnc(N(C)C)nc3)CC2)ncn1. The largest absolute Gasteiger partial charge is 0.481 e. The lowest BCUT2D eigenvalue weighted by molar-refractivity contribution is 0.211. The average molecular weight is 343 g/mol. The van der Waals surface area contributed by atoms with E-state index in [-0.39, 0.29) is 0 Å². The molecule has 0 unspecified atom stereocenters. The highest BCUT2D eigenvalue weighted by molar-refractivity contribution is 5.38. The van der Waals surface area contributed by atoms with E-state index in [2.05, 4.69) is 30.2 Å². The summed E-state index contributed by atoms with van der Waals surface area (Å²) in [5.74, 6) is 2.14. The number of nitrogens with zero attached hydrogens (tertiary/aromatic N) is 6. The smallest absolute Gasteiger partial charge is 0.224 e. The highest BCUT2D eigenvalue weighted by Crippen LogP contribution is 2.18. The molecule has 0 aliphatic carbocycles. The van der Waals surface area contributed by atoms with Gasteiger partial charge in [0.25, 0.3) is 0 Å². The van der Waals surface area contributed by atoms with Crippen molar-refractivity contribution in [2.45, 2.75) is 25.4 Å². The van der Waals surface area contributed by atoms with E-state index in [1.165, 1.54) is 6.33 Å². The van der Waals surface area contributed by atoms with Crippen molar-refractivity contribution in [1.29, 1.82) is 0 Å². The van der Waals surface area contributed by atoms with Crippen molar-refractivity contribution in [3.05, 3.63) is 30.4 Å². The van der Waals surface area contributed by atoms with Crippen molar-refractivity contribution < 1.29 is 4.74 Å². The molecular weight excluding hydrogens is 318 g/mol. The van der Waals surface area contributed by atoms with Gasteiger partial charge in [0.15, 0.2) is 0 Å². The number of hydrogen-bond donors (Lipinski definition) is 1. The zero-order valence-corrected chi connectivity index (χ0v) is 15.0. The van der Waals surface area contributed by atoms with E-state index in [4.69, 9.17) is 4.74 Å². The molecule has 2 aromatic rings. The monoisotopic (exact) mass is 343 g/mol. The summed E-state index contributed by atoms with van der Waals surface area (Å²) in [5.41, 5.74) is 1.15. The Morgan fingerprint density at radius 3 is 2.52 bits per heavy atom. The lowest BCUT2D eigenvalue weighted by Crippen LogP contribution is -2.38. The normalized spacial score (nSPS) is 15.8. The topological polar surface area (TPSA) is 79.3 Å². The molecule has 8 heteroatoms. The molecule has 0 bridgehead atoms. The molecule has 0 atom stereocenters. The Labute approximate surface area is 148 Å². The van der Waals surface area contributed by atoms with Crippen molar-refractivity contribution in [2.24, 2.45) is 0 Å². The van der Waals surface area contributed by atoms with Gasteiger partial charge in [-0.05, 0) is 12.8 Å². The van der Waals surface area contributed by atoms with Crippen LogP contribution in [0.25, 0.3) is 0 Å². The number of piperidine rings is 1. The van der Waals surface area contributed by atoms with Gasteiger partial charge in [-0.2, -0.15) is 0 Å². The molecule has 0 radical (unpaired) electrons. The van der Waals surface area contributed by atoms with E-state index >= 15 is 0 Å². The van der Waals surface area contributed by atoms with E-state index in [0.29, 0.717) is 11.9 Å². The summed E-state index contributed by atoms with van der Waals surface area (Å²) in [5, 5.41) is 3.47. The van der Waals surface area contributed by atoms with Crippen molar-refractivity contribution in [2.75, 3.05) is 44.5 Å². The van der Waals surface area contributed by atoms with Crippen LogP contribution in [0, 0.1) is 0 Å². The number of ether oxygens (including phenoxy) is 1. The Morgan fingerprint density at radius 2 is 1.88 bits per heavy atom. The van der Waals surface area contributed by atoms with Crippen molar-refractivity contribution in [3.8, 4) is 5.88 Å². The van der Waals surface area contributed by atoms with Crippen molar-refractivity contribution in [1.82, 2.24) is 24.8 Å². The molecule has 3 rings (SSSR count). The van der Waals surface area contributed by atoms with Crippen LogP contribution in [0.2, 0.25) is 0 Å². The molecule has 0 amide bonds. The summed E-state index contributed by atoms with van der Waals surface area (Å²) in [6.07, 6.45) is 7.50. The highest BCUT2D eigenvalue weighted by atomic mass is 16.5. The van der Waals surface area contributed by atoms with Gasteiger partial charge in [-0.15, -0.1) is 0 Å². The molecule has 25 heavy (non-hydrogen) atoms. The van der Waals surface area contributed by atoms with Crippen molar-refractivity contribution in [3.63, 3.8) is 0 Å². The molecule has 1 saturated heterocycles. The lowest BCUT2D eigenvalue weighted by atomic mass is 10.0. The minimum absolute atomic E-state index is 0.420. The number of rotatable bonds is 6. The van der Waals surface area contributed by atoms with E-state index in [9.17, 15) is 0 Å². The van der Waals surface area contributed by atoms with Crippen molar-refractivity contribution >= 4 is 11.8 Å².